The summed E-state index contributed by atoms with van der Waals surface area (Å²) in [5.74, 6) is 0.0591. The zero-order chi connectivity index (χ0) is 15.4. The van der Waals surface area contributed by atoms with Crippen LogP contribution in [0.4, 0.5) is 4.39 Å². The molecular weight excluding hydrogens is 295 g/mol. The molecule has 2 aromatic carbocycles. The smallest absolute Gasteiger partial charge is 0.171 e. The molecule has 2 rings (SSSR count). The SMILES string of the molecule is COc1cccc(C(=O)Cc2cc(Cl)ccc2F)c1OC. The number of methoxy groups -OCH3 is 2. The van der Waals surface area contributed by atoms with Gasteiger partial charge in [0.1, 0.15) is 5.82 Å². The van der Waals surface area contributed by atoms with Gasteiger partial charge in [-0.2, -0.15) is 0 Å². The van der Waals surface area contributed by atoms with E-state index in [1.54, 1.807) is 18.2 Å². The van der Waals surface area contributed by atoms with Crippen LogP contribution in [0.5, 0.6) is 11.5 Å². The maximum atomic E-state index is 13.7. The largest absolute Gasteiger partial charge is 0.493 e. The van der Waals surface area contributed by atoms with Crippen molar-refractivity contribution >= 4 is 17.4 Å². The number of rotatable bonds is 5. The molecule has 21 heavy (non-hydrogen) atoms. The number of benzene rings is 2. The molecule has 0 unspecified atom stereocenters. The molecule has 0 aromatic heterocycles. The fraction of sp³-hybridized carbons (Fsp3) is 0.188. The third-order valence-corrected chi connectivity index (χ3v) is 3.30. The summed E-state index contributed by atoms with van der Waals surface area (Å²) in [5.41, 5.74) is 0.591. The van der Waals surface area contributed by atoms with Crippen LogP contribution in [0.25, 0.3) is 0 Å². The molecule has 3 nitrogen and oxygen atoms in total. The summed E-state index contributed by atoms with van der Waals surface area (Å²) in [7, 11) is 2.94. The van der Waals surface area contributed by atoms with Crippen molar-refractivity contribution in [2.75, 3.05) is 14.2 Å². The van der Waals surface area contributed by atoms with Crippen LogP contribution < -0.4 is 9.47 Å². The van der Waals surface area contributed by atoms with Crippen LogP contribution in [0.15, 0.2) is 36.4 Å². The van der Waals surface area contributed by atoms with E-state index in [4.69, 9.17) is 21.1 Å². The molecule has 0 aliphatic carbocycles. The second-order valence-corrected chi connectivity index (χ2v) is 4.81. The maximum Gasteiger partial charge on any atom is 0.171 e. The Kier molecular flexibility index (Phi) is 4.81. The number of hydrogen-bond acceptors (Lipinski definition) is 3. The standard InChI is InChI=1S/C16H14ClFO3/c1-20-15-5-3-4-12(16(15)21-2)14(19)9-10-8-11(17)6-7-13(10)18/h3-8H,9H2,1-2H3. The first-order valence-corrected chi connectivity index (χ1v) is 6.62. The van der Waals surface area contributed by atoms with Crippen molar-refractivity contribution < 1.29 is 18.7 Å². The van der Waals surface area contributed by atoms with Crippen LogP contribution >= 0.6 is 11.6 Å². The average molecular weight is 309 g/mol. The van der Waals surface area contributed by atoms with Gasteiger partial charge in [0.2, 0.25) is 0 Å². The number of carbonyl (C=O) groups excluding carboxylic acids is 1. The minimum Gasteiger partial charge on any atom is -0.493 e. The van der Waals surface area contributed by atoms with Crippen molar-refractivity contribution in [2.45, 2.75) is 6.42 Å². The molecule has 110 valence electrons. The zero-order valence-electron chi connectivity index (χ0n) is 11.7. The number of ether oxygens (including phenoxy) is 2. The Bertz CT molecular complexity index is 671. The highest BCUT2D eigenvalue weighted by atomic mass is 35.5. The molecule has 0 fully saturated rings. The highest BCUT2D eigenvalue weighted by molar-refractivity contribution is 6.30. The van der Waals surface area contributed by atoms with Gasteiger partial charge in [0.15, 0.2) is 17.3 Å². The molecule has 0 bridgehead atoms. The highest BCUT2D eigenvalue weighted by Gasteiger charge is 2.18. The summed E-state index contributed by atoms with van der Waals surface area (Å²) >= 11 is 5.83. The molecule has 0 aliphatic heterocycles. The quantitative estimate of drug-likeness (QED) is 0.785. The topological polar surface area (TPSA) is 35.5 Å². The fourth-order valence-corrected chi connectivity index (χ4v) is 2.25. The van der Waals surface area contributed by atoms with Crippen molar-refractivity contribution in [1.82, 2.24) is 0 Å². The molecule has 2 aromatic rings. The summed E-state index contributed by atoms with van der Waals surface area (Å²) < 4.78 is 24.1. The molecular formula is C16H14ClFO3. The minimum atomic E-state index is -0.463. The Morgan fingerprint density at radius 1 is 1.19 bits per heavy atom. The number of para-hydroxylation sites is 1. The van der Waals surface area contributed by atoms with Gasteiger partial charge in [0, 0.05) is 11.4 Å². The van der Waals surface area contributed by atoms with Gasteiger partial charge >= 0.3 is 0 Å². The van der Waals surface area contributed by atoms with Crippen LogP contribution in [0.3, 0.4) is 0 Å². The van der Waals surface area contributed by atoms with Gasteiger partial charge in [-0.3, -0.25) is 4.79 Å². The minimum absolute atomic E-state index is 0.101. The predicted molar refractivity (Wildman–Crippen MR) is 79.0 cm³/mol. The van der Waals surface area contributed by atoms with Crippen molar-refractivity contribution in [3.05, 3.63) is 58.4 Å². The Hall–Kier alpha value is -2.07. The normalized spacial score (nSPS) is 10.3. The monoisotopic (exact) mass is 308 g/mol. The van der Waals surface area contributed by atoms with E-state index in [1.165, 1.54) is 32.4 Å². The van der Waals surface area contributed by atoms with E-state index < -0.39 is 5.82 Å². The van der Waals surface area contributed by atoms with E-state index >= 15 is 0 Å². The molecule has 0 spiro atoms. The molecule has 0 saturated carbocycles. The third kappa shape index (κ3) is 3.34. The summed E-state index contributed by atoms with van der Waals surface area (Å²) in [4.78, 5) is 12.4. The van der Waals surface area contributed by atoms with Crippen LogP contribution in [-0.4, -0.2) is 20.0 Å². The summed E-state index contributed by atoms with van der Waals surface area (Å²) in [6.07, 6.45) is -0.101. The van der Waals surface area contributed by atoms with Gasteiger partial charge in [-0.1, -0.05) is 17.7 Å². The molecule has 0 heterocycles. The first-order valence-electron chi connectivity index (χ1n) is 6.25. The van der Waals surface area contributed by atoms with Gasteiger partial charge in [-0.05, 0) is 35.9 Å². The van der Waals surface area contributed by atoms with E-state index in [1.807, 2.05) is 0 Å². The lowest BCUT2D eigenvalue weighted by Gasteiger charge is -2.12. The third-order valence-electron chi connectivity index (χ3n) is 3.06. The van der Waals surface area contributed by atoms with Crippen molar-refractivity contribution in [2.24, 2.45) is 0 Å². The first-order chi connectivity index (χ1) is 10.1. The van der Waals surface area contributed by atoms with E-state index in [-0.39, 0.29) is 17.8 Å². The fourth-order valence-electron chi connectivity index (χ4n) is 2.05. The Morgan fingerprint density at radius 3 is 2.62 bits per heavy atom. The van der Waals surface area contributed by atoms with Gasteiger partial charge in [-0.25, -0.2) is 4.39 Å². The second-order valence-electron chi connectivity index (χ2n) is 4.38. The van der Waals surface area contributed by atoms with Crippen LogP contribution in [0.2, 0.25) is 5.02 Å². The molecule has 0 aliphatic rings. The van der Waals surface area contributed by atoms with Gasteiger partial charge in [-0.15, -0.1) is 0 Å². The van der Waals surface area contributed by atoms with Gasteiger partial charge in [0.05, 0.1) is 19.8 Å². The number of ketones is 1. The number of halogens is 2. The molecule has 5 heteroatoms. The lowest BCUT2D eigenvalue weighted by molar-refractivity contribution is 0.0988. The van der Waals surface area contributed by atoms with Crippen LogP contribution in [-0.2, 0) is 6.42 Å². The first kappa shape index (κ1) is 15.3. The Morgan fingerprint density at radius 2 is 1.95 bits per heavy atom. The van der Waals surface area contributed by atoms with Gasteiger partial charge < -0.3 is 9.47 Å². The van der Waals surface area contributed by atoms with E-state index in [9.17, 15) is 9.18 Å². The predicted octanol–water partition coefficient (Wildman–Crippen LogP) is 3.92. The van der Waals surface area contributed by atoms with E-state index in [0.29, 0.717) is 22.1 Å². The summed E-state index contributed by atoms with van der Waals surface area (Å²) in [5, 5.41) is 0.386. The Labute approximate surface area is 127 Å². The summed E-state index contributed by atoms with van der Waals surface area (Å²) in [6.45, 7) is 0. The highest BCUT2D eigenvalue weighted by Crippen LogP contribution is 2.31. The number of carbonyl (C=O) groups is 1. The second kappa shape index (κ2) is 6.59. The van der Waals surface area contributed by atoms with Crippen LogP contribution in [0.1, 0.15) is 15.9 Å². The molecule has 0 radical (unpaired) electrons. The van der Waals surface area contributed by atoms with E-state index in [0.717, 1.165) is 0 Å². The molecule has 0 saturated heterocycles. The zero-order valence-corrected chi connectivity index (χ0v) is 12.4. The lowest BCUT2D eigenvalue weighted by Crippen LogP contribution is -2.08. The van der Waals surface area contributed by atoms with Crippen molar-refractivity contribution in [3.8, 4) is 11.5 Å². The average Bonchev–Trinajstić information content (AvgIpc) is 2.49. The maximum absolute atomic E-state index is 13.7. The number of Topliss-reactive ketones (excluding diaryl/α,β-unsaturated/α-hetero) is 1. The Balaban J connectivity index is 2.35. The molecule has 0 atom stereocenters. The number of hydrogen-bond donors (Lipinski definition) is 0. The molecule has 0 amide bonds. The van der Waals surface area contributed by atoms with E-state index in [2.05, 4.69) is 0 Å². The lowest BCUT2D eigenvalue weighted by atomic mass is 10.0. The van der Waals surface area contributed by atoms with Crippen molar-refractivity contribution in [1.29, 1.82) is 0 Å². The van der Waals surface area contributed by atoms with Gasteiger partial charge in [0.25, 0.3) is 0 Å². The molecule has 0 N–H and O–H groups in total. The van der Waals surface area contributed by atoms with Crippen LogP contribution in [0, 0.1) is 5.82 Å². The summed E-state index contributed by atoms with van der Waals surface area (Å²) in [6, 6.07) is 9.12. The van der Waals surface area contributed by atoms with Crippen molar-refractivity contribution in [3.63, 3.8) is 0 Å².